The summed E-state index contributed by atoms with van der Waals surface area (Å²) in [7, 11) is 0. The molecule has 2 aromatic rings. The molecule has 1 heterocycles. The average Bonchev–Trinajstić information content (AvgIpc) is 2.62. The van der Waals surface area contributed by atoms with Crippen LogP contribution in [0.2, 0.25) is 0 Å². The Morgan fingerprint density at radius 3 is 2.44 bits per heavy atom. The Labute approximate surface area is 161 Å². The first-order valence-corrected chi connectivity index (χ1v) is 9.70. The van der Waals surface area contributed by atoms with Crippen LogP contribution in [0.1, 0.15) is 30.5 Å². The van der Waals surface area contributed by atoms with E-state index in [4.69, 9.17) is 9.47 Å². The van der Waals surface area contributed by atoms with Gasteiger partial charge in [-0.25, -0.2) is 0 Å². The number of fused-ring (bicyclic) bond motifs is 1. The Kier molecular flexibility index (Phi) is 6.35. The molecular weight excluding hydrogens is 340 g/mol. The van der Waals surface area contributed by atoms with E-state index < -0.39 is 0 Å². The van der Waals surface area contributed by atoms with Crippen molar-refractivity contribution in [2.45, 2.75) is 33.7 Å². The summed E-state index contributed by atoms with van der Waals surface area (Å²) in [5.74, 6) is 1.66. The minimum absolute atomic E-state index is 0.0509. The van der Waals surface area contributed by atoms with Gasteiger partial charge in [0, 0.05) is 17.7 Å². The summed E-state index contributed by atoms with van der Waals surface area (Å²) in [5.41, 5.74) is 4.54. The Hall–Kier alpha value is -2.53. The second kappa shape index (κ2) is 8.91. The molecule has 1 aliphatic heterocycles. The molecule has 1 atom stereocenters. The highest BCUT2D eigenvalue weighted by Crippen LogP contribution is 2.32. The third-order valence-corrected chi connectivity index (χ3v) is 4.77. The Balaban J connectivity index is 1.66. The molecule has 0 saturated heterocycles. The first-order valence-electron chi connectivity index (χ1n) is 9.70. The van der Waals surface area contributed by atoms with Crippen LogP contribution in [0, 0.1) is 6.92 Å². The van der Waals surface area contributed by atoms with E-state index in [1.807, 2.05) is 45.0 Å². The van der Waals surface area contributed by atoms with Crippen LogP contribution in [0.15, 0.2) is 36.4 Å². The van der Waals surface area contributed by atoms with E-state index in [-0.39, 0.29) is 5.91 Å². The molecule has 0 aromatic heterocycles. The number of carbonyl (C=O) groups excluding carboxylic acids is 1. The van der Waals surface area contributed by atoms with Gasteiger partial charge in [0.05, 0.1) is 19.8 Å². The zero-order valence-corrected chi connectivity index (χ0v) is 16.4. The number of carbonyl (C=O) groups is 1. The number of hydrogen-bond donors (Lipinski definition) is 2. The summed E-state index contributed by atoms with van der Waals surface area (Å²) in [4.78, 5) is 13.7. The van der Waals surface area contributed by atoms with Crippen LogP contribution in [0.3, 0.4) is 0 Å². The standard InChI is InChI=1S/C22H28N2O3/c1-4-26-20-12-17-9-10-24(14-18(17)13-21(20)27-5-2)15-22(25)23-19-8-6-7-16(3)11-19/h6-8,11-13H,4-5,9-10,14-15H2,1-3H3,(H,23,25)/p+1. The molecule has 0 aliphatic carbocycles. The van der Waals surface area contributed by atoms with Crippen molar-refractivity contribution < 1.29 is 19.2 Å². The molecular formula is C22H29N2O3+. The number of aryl methyl sites for hydroxylation is 1. The molecule has 2 aromatic carbocycles. The zero-order chi connectivity index (χ0) is 19.2. The van der Waals surface area contributed by atoms with Gasteiger partial charge in [0.15, 0.2) is 18.0 Å². The third-order valence-electron chi connectivity index (χ3n) is 4.77. The first kappa shape index (κ1) is 19.2. The molecule has 0 spiro atoms. The van der Waals surface area contributed by atoms with Gasteiger partial charge in [-0.3, -0.25) is 4.79 Å². The van der Waals surface area contributed by atoms with Crippen molar-refractivity contribution in [1.29, 1.82) is 0 Å². The number of amides is 1. The van der Waals surface area contributed by atoms with Gasteiger partial charge in [-0.15, -0.1) is 0 Å². The molecule has 2 N–H and O–H groups in total. The van der Waals surface area contributed by atoms with Gasteiger partial charge in [-0.05, 0) is 56.2 Å². The molecule has 1 amide bonds. The van der Waals surface area contributed by atoms with Gasteiger partial charge in [-0.2, -0.15) is 0 Å². The van der Waals surface area contributed by atoms with Crippen molar-refractivity contribution in [2.24, 2.45) is 0 Å². The van der Waals surface area contributed by atoms with Crippen LogP contribution in [-0.2, 0) is 17.8 Å². The van der Waals surface area contributed by atoms with Gasteiger partial charge in [-0.1, -0.05) is 12.1 Å². The number of nitrogens with one attached hydrogen (secondary N) is 2. The summed E-state index contributed by atoms with van der Waals surface area (Å²) in [6, 6.07) is 12.1. The van der Waals surface area contributed by atoms with E-state index in [0.29, 0.717) is 19.8 Å². The summed E-state index contributed by atoms with van der Waals surface area (Å²) in [6.07, 6.45) is 0.939. The van der Waals surface area contributed by atoms with Crippen LogP contribution < -0.4 is 19.7 Å². The maximum Gasteiger partial charge on any atom is 0.279 e. The van der Waals surface area contributed by atoms with Crippen LogP contribution in [0.4, 0.5) is 5.69 Å². The van der Waals surface area contributed by atoms with Crippen LogP contribution in [0.5, 0.6) is 11.5 Å². The average molecular weight is 369 g/mol. The van der Waals surface area contributed by atoms with E-state index in [9.17, 15) is 4.79 Å². The van der Waals surface area contributed by atoms with Crippen molar-refractivity contribution in [1.82, 2.24) is 0 Å². The number of hydrogen-bond acceptors (Lipinski definition) is 3. The molecule has 0 radical (unpaired) electrons. The fraction of sp³-hybridized carbons (Fsp3) is 0.409. The second-order valence-corrected chi connectivity index (χ2v) is 6.95. The van der Waals surface area contributed by atoms with Crippen molar-refractivity contribution >= 4 is 11.6 Å². The minimum Gasteiger partial charge on any atom is -0.490 e. The van der Waals surface area contributed by atoms with Gasteiger partial charge >= 0.3 is 0 Å². The number of rotatable bonds is 7. The molecule has 0 bridgehead atoms. The molecule has 27 heavy (non-hydrogen) atoms. The van der Waals surface area contributed by atoms with E-state index in [1.54, 1.807) is 0 Å². The second-order valence-electron chi connectivity index (χ2n) is 6.95. The van der Waals surface area contributed by atoms with Gasteiger partial charge in [0.1, 0.15) is 6.54 Å². The van der Waals surface area contributed by atoms with E-state index in [1.165, 1.54) is 16.0 Å². The topological polar surface area (TPSA) is 52.0 Å². The number of anilines is 1. The molecule has 1 unspecified atom stereocenters. The minimum atomic E-state index is 0.0509. The highest BCUT2D eigenvalue weighted by molar-refractivity contribution is 5.91. The Morgan fingerprint density at radius 2 is 1.78 bits per heavy atom. The van der Waals surface area contributed by atoms with Gasteiger partial charge < -0.3 is 19.7 Å². The summed E-state index contributed by atoms with van der Waals surface area (Å²) in [6.45, 7) is 9.43. The number of quaternary nitrogens is 1. The smallest absolute Gasteiger partial charge is 0.279 e. The van der Waals surface area contributed by atoms with Crippen molar-refractivity contribution in [3.63, 3.8) is 0 Å². The molecule has 5 heteroatoms. The SMILES string of the molecule is CCOc1cc2c(cc1OCC)C[NH+](CC(=O)Nc1cccc(C)c1)CC2. The normalized spacial score (nSPS) is 15.7. The van der Waals surface area contributed by atoms with Crippen molar-refractivity contribution in [2.75, 3.05) is 31.6 Å². The maximum atomic E-state index is 12.4. The van der Waals surface area contributed by atoms with Gasteiger partial charge in [0.25, 0.3) is 5.91 Å². The zero-order valence-electron chi connectivity index (χ0n) is 16.4. The van der Waals surface area contributed by atoms with E-state index in [2.05, 4.69) is 17.4 Å². The number of benzene rings is 2. The van der Waals surface area contributed by atoms with Crippen LogP contribution >= 0.6 is 0 Å². The van der Waals surface area contributed by atoms with Crippen LogP contribution in [-0.4, -0.2) is 32.2 Å². The summed E-state index contributed by atoms with van der Waals surface area (Å²) in [5, 5.41) is 3.01. The predicted molar refractivity (Wildman–Crippen MR) is 107 cm³/mol. The monoisotopic (exact) mass is 369 g/mol. The lowest BCUT2D eigenvalue weighted by Gasteiger charge is -2.26. The molecule has 0 saturated carbocycles. The molecule has 0 fully saturated rings. The predicted octanol–water partition coefficient (Wildman–Crippen LogP) is 2.37. The molecule has 144 valence electrons. The largest absolute Gasteiger partial charge is 0.490 e. The molecule has 5 nitrogen and oxygen atoms in total. The quantitative estimate of drug-likeness (QED) is 0.788. The Morgan fingerprint density at radius 1 is 1.07 bits per heavy atom. The van der Waals surface area contributed by atoms with E-state index >= 15 is 0 Å². The molecule has 1 aliphatic rings. The lowest BCUT2D eigenvalue weighted by atomic mass is 9.98. The van der Waals surface area contributed by atoms with E-state index in [0.717, 1.165) is 42.3 Å². The maximum absolute atomic E-state index is 12.4. The highest BCUT2D eigenvalue weighted by atomic mass is 16.5. The highest BCUT2D eigenvalue weighted by Gasteiger charge is 2.24. The Bertz CT molecular complexity index is 804. The van der Waals surface area contributed by atoms with Crippen LogP contribution in [0.25, 0.3) is 0 Å². The lowest BCUT2D eigenvalue weighted by molar-refractivity contribution is -0.907. The third kappa shape index (κ3) is 5.01. The lowest BCUT2D eigenvalue weighted by Crippen LogP contribution is -3.12. The van der Waals surface area contributed by atoms with Crippen molar-refractivity contribution in [3.05, 3.63) is 53.1 Å². The van der Waals surface area contributed by atoms with Crippen molar-refractivity contribution in [3.8, 4) is 11.5 Å². The summed E-state index contributed by atoms with van der Waals surface area (Å²) >= 11 is 0. The summed E-state index contributed by atoms with van der Waals surface area (Å²) < 4.78 is 11.5. The number of ether oxygens (including phenoxy) is 2. The molecule has 3 rings (SSSR count). The van der Waals surface area contributed by atoms with Gasteiger partial charge in [0.2, 0.25) is 0 Å². The fourth-order valence-electron chi connectivity index (χ4n) is 3.55. The first-order chi connectivity index (χ1) is 13.1. The fourth-order valence-corrected chi connectivity index (χ4v) is 3.55.